The van der Waals surface area contributed by atoms with Crippen molar-refractivity contribution in [2.75, 3.05) is 0 Å². The number of rotatable bonds is 3. The highest BCUT2D eigenvalue weighted by Gasteiger charge is 2.19. The van der Waals surface area contributed by atoms with E-state index >= 15 is 0 Å². The van der Waals surface area contributed by atoms with Crippen LogP contribution in [0.5, 0.6) is 0 Å². The summed E-state index contributed by atoms with van der Waals surface area (Å²) in [7, 11) is 1.71. The molecule has 102 valence electrons. The fourth-order valence-corrected chi connectivity index (χ4v) is 2.37. The van der Waals surface area contributed by atoms with Crippen molar-refractivity contribution in [3.8, 4) is 6.07 Å². The molecule has 0 aliphatic heterocycles. The second-order valence-corrected chi connectivity index (χ2v) is 5.13. The second-order valence-electron chi connectivity index (χ2n) is 4.21. The quantitative estimate of drug-likeness (QED) is 0.937. The Bertz CT molecular complexity index is 690. The summed E-state index contributed by atoms with van der Waals surface area (Å²) in [5.74, 6) is -0.958. The molecule has 1 atom stereocenters. The van der Waals surface area contributed by atoms with E-state index in [0.29, 0.717) is 5.69 Å². The fourth-order valence-electron chi connectivity index (χ4n) is 1.84. The molecule has 1 N–H and O–H groups in total. The Morgan fingerprint density at radius 2 is 2.20 bits per heavy atom. The number of hydrogen-bond donors (Lipinski definition) is 1. The van der Waals surface area contributed by atoms with Crippen LogP contribution in [-0.2, 0) is 7.05 Å². The number of hydrogen-bond acceptors (Lipinski definition) is 2. The van der Waals surface area contributed by atoms with E-state index in [0.717, 1.165) is 4.47 Å². The van der Waals surface area contributed by atoms with E-state index in [-0.39, 0.29) is 5.56 Å². The van der Waals surface area contributed by atoms with Crippen LogP contribution in [-0.4, -0.2) is 10.5 Å². The van der Waals surface area contributed by atoms with E-state index in [1.807, 2.05) is 6.07 Å². The van der Waals surface area contributed by atoms with Crippen LogP contribution in [0.3, 0.4) is 0 Å². The molecule has 4 nitrogen and oxygen atoms in total. The first-order chi connectivity index (χ1) is 9.52. The lowest BCUT2D eigenvalue weighted by Gasteiger charge is -2.13. The zero-order chi connectivity index (χ0) is 14.7. The van der Waals surface area contributed by atoms with Gasteiger partial charge in [-0.1, -0.05) is 18.2 Å². The molecule has 0 fully saturated rings. The number of nitrogens with zero attached hydrogens (tertiary/aromatic N) is 2. The topological polar surface area (TPSA) is 57.8 Å². The summed E-state index contributed by atoms with van der Waals surface area (Å²) in [6.45, 7) is 0. The number of nitrogens with one attached hydrogen (secondary N) is 1. The number of carbonyl (C=O) groups is 1. The summed E-state index contributed by atoms with van der Waals surface area (Å²) in [4.78, 5) is 12.1. The first-order valence-corrected chi connectivity index (χ1v) is 6.59. The SMILES string of the molecule is Cn1cc(Br)cc1C(=O)N[C@H](C#N)c1ccccc1F. The van der Waals surface area contributed by atoms with Gasteiger partial charge in [-0.3, -0.25) is 4.79 Å². The van der Waals surface area contributed by atoms with Crippen molar-refractivity contribution < 1.29 is 9.18 Å². The highest BCUT2D eigenvalue weighted by molar-refractivity contribution is 9.10. The molecule has 1 aromatic carbocycles. The molecule has 0 aliphatic carbocycles. The molecule has 0 saturated carbocycles. The van der Waals surface area contributed by atoms with Gasteiger partial charge in [-0.25, -0.2) is 4.39 Å². The van der Waals surface area contributed by atoms with Crippen molar-refractivity contribution in [1.82, 2.24) is 9.88 Å². The Hall–Kier alpha value is -2.13. The molecule has 0 unspecified atom stereocenters. The Balaban J connectivity index is 2.24. The van der Waals surface area contributed by atoms with Gasteiger partial charge in [-0.05, 0) is 28.1 Å². The van der Waals surface area contributed by atoms with Crippen LogP contribution in [0, 0.1) is 17.1 Å². The minimum atomic E-state index is -1.03. The van der Waals surface area contributed by atoms with Gasteiger partial charge >= 0.3 is 0 Å². The minimum absolute atomic E-state index is 0.150. The lowest BCUT2D eigenvalue weighted by atomic mass is 10.1. The van der Waals surface area contributed by atoms with Gasteiger partial charge in [0.15, 0.2) is 0 Å². The molecular formula is C14H11BrFN3O. The fraction of sp³-hybridized carbons (Fsp3) is 0.143. The highest BCUT2D eigenvalue weighted by Crippen LogP contribution is 2.18. The van der Waals surface area contributed by atoms with Gasteiger partial charge < -0.3 is 9.88 Å². The van der Waals surface area contributed by atoms with Gasteiger partial charge in [0.25, 0.3) is 5.91 Å². The van der Waals surface area contributed by atoms with Gasteiger partial charge in [0, 0.05) is 23.3 Å². The van der Waals surface area contributed by atoms with Crippen molar-refractivity contribution in [1.29, 1.82) is 5.26 Å². The van der Waals surface area contributed by atoms with E-state index in [9.17, 15) is 9.18 Å². The third-order valence-electron chi connectivity index (χ3n) is 2.82. The summed E-state index contributed by atoms with van der Waals surface area (Å²) in [6, 6.07) is 8.37. The van der Waals surface area contributed by atoms with Crippen molar-refractivity contribution in [2.24, 2.45) is 7.05 Å². The molecule has 0 aliphatic rings. The monoisotopic (exact) mass is 335 g/mol. The summed E-state index contributed by atoms with van der Waals surface area (Å²) in [6.07, 6.45) is 1.72. The second kappa shape index (κ2) is 5.88. The van der Waals surface area contributed by atoms with Gasteiger partial charge in [0.1, 0.15) is 17.6 Å². The molecule has 20 heavy (non-hydrogen) atoms. The van der Waals surface area contributed by atoms with E-state index in [1.54, 1.807) is 29.9 Å². The smallest absolute Gasteiger partial charge is 0.269 e. The maximum atomic E-state index is 13.6. The summed E-state index contributed by atoms with van der Waals surface area (Å²) < 4.78 is 16.0. The van der Waals surface area contributed by atoms with Crippen LogP contribution in [0.2, 0.25) is 0 Å². The van der Waals surface area contributed by atoms with Crippen LogP contribution in [0.15, 0.2) is 41.0 Å². The van der Waals surface area contributed by atoms with E-state index in [1.165, 1.54) is 18.2 Å². The van der Waals surface area contributed by atoms with Crippen LogP contribution >= 0.6 is 15.9 Å². The molecule has 1 heterocycles. The van der Waals surface area contributed by atoms with Crippen LogP contribution in [0.25, 0.3) is 0 Å². The molecule has 6 heteroatoms. The Morgan fingerprint density at radius 3 is 2.75 bits per heavy atom. The summed E-state index contributed by atoms with van der Waals surface area (Å²) >= 11 is 3.27. The van der Waals surface area contributed by atoms with E-state index in [2.05, 4.69) is 21.2 Å². The maximum absolute atomic E-state index is 13.6. The molecule has 0 radical (unpaired) electrons. The van der Waals surface area contributed by atoms with Gasteiger partial charge in [-0.2, -0.15) is 5.26 Å². The third-order valence-corrected chi connectivity index (χ3v) is 3.26. The Morgan fingerprint density at radius 1 is 1.50 bits per heavy atom. The highest BCUT2D eigenvalue weighted by atomic mass is 79.9. The summed E-state index contributed by atoms with van der Waals surface area (Å²) in [5.41, 5.74) is 0.532. The maximum Gasteiger partial charge on any atom is 0.269 e. The number of halogens is 2. The first-order valence-electron chi connectivity index (χ1n) is 5.79. The zero-order valence-electron chi connectivity index (χ0n) is 10.6. The molecule has 2 rings (SSSR count). The van der Waals surface area contributed by atoms with Crippen molar-refractivity contribution in [3.63, 3.8) is 0 Å². The van der Waals surface area contributed by atoms with Gasteiger partial charge in [0.05, 0.1) is 6.07 Å². The molecule has 2 aromatic rings. The number of benzene rings is 1. The first kappa shape index (κ1) is 14.3. The van der Waals surface area contributed by atoms with Gasteiger partial charge in [-0.15, -0.1) is 0 Å². The molecule has 0 spiro atoms. The number of nitriles is 1. The lowest BCUT2D eigenvalue weighted by molar-refractivity contribution is 0.0936. The molecular weight excluding hydrogens is 325 g/mol. The van der Waals surface area contributed by atoms with Crippen LogP contribution in [0.1, 0.15) is 22.1 Å². The lowest BCUT2D eigenvalue weighted by Crippen LogP contribution is -2.29. The average Bonchev–Trinajstić information content (AvgIpc) is 2.76. The average molecular weight is 336 g/mol. The predicted molar refractivity (Wildman–Crippen MR) is 75.3 cm³/mol. The Labute approximate surface area is 124 Å². The molecule has 0 saturated heterocycles. The van der Waals surface area contributed by atoms with Crippen molar-refractivity contribution in [3.05, 3.63) is 58.1 Å². The molecule has 1 aromatic heterocycles. The van der Waals surface area contributed by atoms with Crippen LogP contribution in [0.4, 0.5) is 4.39 Å². The number of carbonyl (C=O) groups excluding carboxylic acids is 1. The summed E-state index contributed by atoms with van der Waals surface area (Å²) in [5, 5.41) is 11.6. The zero-order valence-corrected chi connectivity index (χ0v) is 12.2. The number of amides is 1. The van der Waals surface area contributed by atoms with Crippen molar-refractivity contribution in [2.45, 2.75) is 6.04 Å². The minimum Gasteiger partial charge on any atom is -0.345 e. The molecule has 1 amide bonds. The largest absolute Gasteiger partial charge is 0.345 e. The van der Waals surface area contributed by atoms with Crippen LogP contribution < -0.4 is 5.32 Å². The third kappa shape index (κ3) is 2.89. The van der Waals surface area contributed by atoms with Gasteiger partial charge in [0.2, 0.25) is 0 Å². The standard InChI is InChI=1S/C14H11BrFN3O/c1-19-8-9(15)6-13(19)14(20)18-12(7-17)10-4-2-3-5-11(10)16/h2-6,8,12H,1H3,(H,18,20)/t12-/m1/s1. The number of aryl methyl sites for hydroxylation is 1. The van der Waals surface area contributed by atoms with E-state index in [4.69, 9.17) is 5.26 Å². The predicted octanol–water partition coefficient (Wildman–Crippen LogP) is 2.92. The Kier molecular flexibility index (Phi) is 4.20. The van der Waals surface area contributed by atoms with E-state index < -0.39 is 17.8 Å². The normalized spacial score (nSPS) is 11.7. The van der Waals surface area contributed by atoms with Crippen molar-refractivity contribution >= 4 is 21.8 Å². The molecule has 0 bridgehead atoms. The number of aromatic nitrogens is 1.